The number of halogens is 1. The van der Waals surface area contributed by atoms with Gasteiger partial charge in [0.15, 0.2) is 0 Å². The van der Waals surface area contributed by atoms with Gasteiger partial charge in [0.25, 0.3) is 0 Å². The molecule has 0 fully saturated rings. The number of benzene rings is 2. The fourth-order valence-electron chi connectivity index (χ4n) is 2.58. The molecule has 0 atom stereocenters. The lowest BCUT2D eigenvalue weighted by Gasteiger charge is -2.11. The molecule has 0 saturated heterocycles. The molecule has 0 aliphatic carbocycles. The Bertz CT molecular complexity index is 1100. The smallest absolute Gasteiger partial charge is 0.244 e. The standard InChI is InChI=1S/C19H19ClN2O4S2/c1-12-17(27-19(22-12)14-6-4-5-7-15(14)20)11-21-28(23,24)18-9-8-13(25-2)10-16(18)26-3/h4-10,21H,11H2,1-3H3. The van der Waals surface area contributed by atoms with Gasteiger partial charge in [0.2, 0.25) is 10.0 Å². The summed E-state index contributed by atoms with van der Waals surface area (Å²) in [5.74, 6) is 0.725. The first kappa shape index (κ1) is 20.6. The lowest BCUT2D eigenvalue weighted by atomic mass is 10.2. The van der Waals surface area contributed by atoms with E-state index in [1.54, 1.807) is 12.1 Å². The van der Waals surface area contributed by atoms with Gasteiger partial charge in [-0.2, -0.15) is 0 Å². The number of methoxy groups -OCH3 is 2. The minimum absolute atomic E-state index is 0.0456. The van der Waals surface area contributed by atoms with Crippen LogP contribution in [0.1, 0.15) is 10.6 Å². The van der Waals surface area contributed by atoms with Crippen LogP contribution in [-0.4, -0.2) is 27.6 Å². The van der Waals surface area contributed by atoms with Gasteiger partial charge in [-0.25, -0.2) is 18.1 Å². The molecule has 148 valence electrons. The number of ether oxygens (including phenoxy) is 2. The van der Waals surface area contributed by atoms with Crippen molar-refractivity contribution in [2.75, 3.05) is 14.2 Å². The molecule has 3 rings (SSSR count). The molecule has 0 saturated carbocycles. The Balaban J connectivity index is 1.83. The first-order valence-electron chi connectivity index (χ1n) is 8.28. The van der Waals surface area contributed by atoms with Gasteiger partial charge in [-0.15, -0.1) is 11.3 Å². The number of hydrogen-bond acceptors (Lipinski definition) is 6. The summed E-state index contributed by atoms with van der Waals surface area (Å²) in [6.45, 7) is 1.96. The second-order valence-electron chi connectivity index (χ2n) is 5.85. The average molecular weight is 439 g/mol. The van der Waals surface area contributed by atoms with E-state index in [2.05, 4.69) is 9.71 Å². The van der Waals surface area contributed by atoms with Crippen molar-refractivity contribution in [2.24, 2.45) is 0 Å². The van der Waals surface area contributed by atoms with Crippen molar-refractivity contribution in [3.8, 4) is 22.1 Å². The lowest BCUT2D eigenvalue weighted by Crippen LogP contribution is -2.23. The van der Waals surface area contributed by atoms with Crippen LogP contribution in [0.4, 0.5) is 0 Å². The zero-order valence-electron chi connectivity index (χ0n) is 15.5. The van der Waals surface area contributed by atoms with Crippen molar-refractivity contribution < 1.29 is 17.9 Å². The third kappa shape index (κ3) is 4.30. The SMILES string of the molecule is COc1ccc(S(=O)(=O)NCc2sc(-c3ccccc3Cl)nc2C)c(OC)c1. The summed E-state index contributed by atoms with van der Waals surface area (Å²) in [6.07, 6.45) is 0. The molecule has 1 N–H and O–H groups in total. The van der Waals surface area contributed by atoms with Gasteiger partial charge in [0, 0.05) is 23.1 Å². The minimum Gasteiger partial charge on any atom is -0.497 e. The maximum Gasteiger partial charge on any atom is 0.244 e. The van der Waals surface area contributed by atoms with Crippen molar-refractivity contribution in [1.29, 1.82) is 0 Å². The molecule has 1 heterocycles. The minimum atomic E-state index is -3.78. The Morgan fingerprint density at radius 3 is 2.57 bits per heavy atom. The normalized spacial score (nSPS) is 11.4. The van der Waals surface area contributed by atoms with E-state index >= 15 is 0 Å². The van der Waals surface area contributed by atoms with Crippen LogP contribution in [0.2, 0.25) is 5.02 Å². The van der Waals surface area contributed by atoms with Crippen molar-refractivity contribution >= 4 is 33.0 Å². The van der Waals surface area contributed by atoms with Crippen LogP contribution in [-0.2, 0) is 16.6 Å². The van der Waals surface area contributed by atoms with E-state index in [4.69, 9.17) is 21.1 Å². The topological polar surface area (TPSA) is 77.5 Å². The van der Waals surface area contributed by atoms with Gasteiger partial charge >= 0.3 is 0 Å². The summed E-state index contributed by atoms with van der Waals surface area (Å²) in [7, 11) is -0.866. The Morgan fingerprint density at radius 2 is 1.89 bits per heavy atom. The number of sulfonamides is 1. The van der Waals surface area contributed by atoms with E-state index < -0.39 is 10.0 Å². The molecule has 0 aliphatic heterocycles. The summed E-state index contributed by atoms with van der Waals surface area (Å²) in [5, 5.41) is 1.35. The zero-order chi connectivity index (χ0) is 20.3. The molecule has 3 aromatic rings. The molecule has 0 aliphatic rings. The van der Waals surface area contributed by atoms with E-state index in [1.807, 2.05) is 25.1 Å². The number of rotatable bonds is 7. The number of nitrogens with one attached hydrogen (secondary N) is 1. The van der Waals surface area contributed by atoms with Gasteiger partial charge in [-0.3, -0.25) is 0 Å². The Morgan fingerprint density at radius 1 is 1.14 bits per heavy atom. The number of aryl methyl sites for hydroxylation is 1. The molecular formula is C19H19ClN2O4S2. The van der Waals surface area contributed by atoms with E-state index in [9.17, 15) is 8.42 Å². The molecular weight excluding hydrogens is 420 g/mol. The van der Waals surface area contributed by atoms with Crippen LogP contribution in [0.5, 0.6) is 11.5 Å². The first-order chi connectivity index (χ1) is 13.4. The molecule has 0 unspecified atom stereocenters. The maximum atomic E-state index is 12.8. The highest BCUT2D eigenvalue weighted by atomic mass is 35.5. The van der Waals surface area contributed by atoms with E-state index in [1.165, 1.54) is 37.7 Å². The molecule has 0 bridgehead atoms. The van der Waals surface area contributed by atoms with Crippen LogP contribution in [0.3, 0.4) is 0 Å². The van der Waals surface area contributed by atoms with Crippen molar-refractivity contribution in [3.63, 3.8) is 0 Å². The average Bonchev–Trinajstić information content (AvgIpc) is 3.06. The fourth-order valence-corrected chi connectivity index (χ4v) is 5.14. The third-order valence-electron chi connectivity index (χ3n) is 4.08. The molecule has 0 spiro atoms. The maximum absolute atomic E-state index is 12.8. The second kappa shape index (κ2) is 8.48. The van der Waals surface area contributed by atoms with Crippen molar-refractivity contribution in [3.05, 3.63) is 58.1 Å². The van der Waals surface area contributed by atoms with E-state index in [0.29, 0.717) is 10.8 Å². The predicted octanol–water partition coefficient (Wildman–Crippen LogP) is 4.27. The molecule has 0 radical (unpaired) electrons. The summed E-state index contributed by atoms with van der Waals surface area (Å²) >= 11 is 7.64. The van der Waals surface area contributed by atoms with Gasteiger partial charge < -0.3 is 9.47 Å². The highest BCUT2D eigenvalue weighted by molar-refractivity contribution is 7.89. The fraction of sp³-hybridized carbons (Fsp3) is 0.211. The summed E-state index contributed by atoms with van der Waals surface area (Å²) in [5.41, 5.74) is 1.58. The Labute approximate surface area is 173 Å². The summed E-state index contributed by atoms with van der Waals surface area (Å²) < 4.78 is 38.4. The number of aromatic nitrogens is 1. The van der Waals surface area contributed by atoms with Crippen LogP contribution in [0.25, 0.3) is 10.6 Å². The van der Waals surface area contributed by atoms with Gasteiger partial charge in [0.05, 0.1) is 24.9 Å². The lowest BCUT2D eigenvalue weighted by molar-refractivity contribution is 0.386. The largest absolute Gasteiger partial charge is 0.497 e. The molecule has 28 heavy (non-hydrogen) atoms. The Kier molecular flexibility index (Phi) is 6.24. The highest BCUT2D eigenvalue weighted by Crippen LogP contribution is 2.33. The van der Waals surface area contributed by atoms with Gasteiger partial charge in [0.1, 0.15) is 21.4 Å². The zero-order valence-corrected chi connectivity index (χ0v) is 17.9. The molecule has 1 aromatic heterocycles. The summed E-state index contributed by atoms with van der Waals surface area (Å²) in [6, 6.07) is 12.0. The monoisotopic (exact) mass is 438 g/mol. The van der Waals surface area contributed by atoms with E-state index in [-0.39, 0.29) is 17.2 Å². The van der Waals surface area contributed by atoms with Crippen LogP contribution < -0.4 is 14.2 Å². The van der Waals surface area contributed by atoms with E-state index in [0.717, 1.165) is 21.1 Å². The van der Waals surface area contributed by atoms with Crippen LogP contribution in [0, 0.1) is 6.92 Å². The quantitative estimate of drug-likeness (QED) is 0.596. The number of hydrogen-bond donors (Lipinski definition) is 1. The predicted molar refractivity (Wildman–Crippen MR) is 111 cm³/mol. The summed E-state index contributed by atoms with van der Waals surface area (Å²) in [4.78, 5) is 5.39. The van der Waals surface area contributed by atoms with Gasteiger partial charge in [-0.05, 0) is 25.1 Å². The molecule has 9 heteroatoms. The van der Waals surface area contributed by atoms with Crippen molar-refractivity contribution in [2.45, 2.75) is 18.4 Å². The highest BCUT2D eigenvalue weighted by Gasteiger charge is 2.21. The van der Waals surface area contributed by atoms with Crippen molar-refractivity contribution in [1.82, 2.24) is 9.71 Å². The molecule has 0 amide bonds. The number of nitrogens with zero attached hydrogens (tertiary/aromatic N) is 1. The molecule has 2 aromatic carbocycles. The Hall–Kier alpha value is -2.13. The number of thiazole rings is 1. The first-order valence-corrected chi connectivity index (χ1v) is 11.0. The van der Waals surface area contributed by atoms with Crippen LogP contribution >= 0.6 is 22.9 Å². The third-order valence-corrected chi connectivity index (χ3v) is 7.04. The van der Waals surface area contributed by atoms with Gasteiger partial charge in [-0.1, -0.05) is 29.8 Å². The second-order valence-corrected chi connectivity index (χ2v) is 9.07. The molecule has 6 nitrogen and oxygen atoms in total. The van der Waals surface area contributed by atoms with Crippen LogP contribution in [0.15, 0.2) is 47.4 Å².